The van der Waals surface area contributed by atoms with Crippen molar-refractivity contribution in [2.75, 3.05) is 18.0 Å². The van der Waals surface area contributed by atoms with Crippen molar-refractivity contribution in [3.05, 3.63) is 36.1 Å². The van der Waals surface area contributed by atoms with E-state index in [0.29, 0.717) is 6.04 Å². The Morgan fingerprint density at radius 3 is 2.94 bits per heavy atom. The second kappa shape index (κ2) is 3.78. The van der Waals surface area contributed by atoms with E-state index < -0.39 is 0 Å². The van der Waals surface area contributed by atoms with E-state index in [9.17, 15) is 0 Å². The number of hydrogen-bond acceptors (Lipinski definition) is 5. The smallest absolute Gasteiger partial charge is 0.208 e. The number of imidazole rings is 1. The summed E-state index contributed by atoms with van der Waals surface area (Å²) in [5.74, 6) is 0. The minimum absolute atomic E-state index is 0.487. The van der Waals surface area contributed by atoms with Crippen molar-refractivity contribution in [1.82, 2.24) is 19.7 Å². The van der Waals surface area contributed by atoms with Crippen LogP contribution in [0.5, 0.6) is 0 Å². The van der Waals surface area contributed by atoms with Crippen LogP contribution in [0.15, 0.2) is 36.1 Å². The summed E-state index contributed by atoms with van der Waals surface area (Å²) < 4.78 is 2.26. The van der Waals surface area contributed by atoms with Gasteiger partial charge in [0.1, 0.15) is 5.51 Å². The number of benzene rings is 1. The van der Waals surface area contributed by atoms with Gasteiger partial charge in [-0.3, -0.25) is 0 Å². The van der Waals surface area contributed by atoms with Gasteiger partial charge in [0.15, 0.2) is 0 Å². The lowest BCUT2D eigenvalue weighted by Crippen LogP contribution is -2.47. The van der Waals surface area contributed by atoms with Crippen LogP contribution in [0.3, 0.4) is 0 Å². The number of anilines is 1. The number of para-hydroxylation sites is 2. The number of nitrogens with zero attached hydrogens (tertiary/aromatic N) is 5. The molecule has 6 heteroatoms. The molecule has 90 valence electrons. The molecule has 0 N–H and O–H groups in total. The second-order valence-electron chi connectivity index (χ2n) is 4.42. The highest BCUT2D eigenvalue weighted by atomic mass is 32.1. The van der Waals surface area contributed by atoms with Gasteiger partial charge in [-0.15, -0.1) is 10.2 Å². The van der Waals surface area contributed by atoms with E-state index in [4.69, 9.17) is 0 Å². The number of fused-ring (bicyclic) bond motifs is 1. The predicted molar refractivity (Wildman–Crippen MR) is 70.9 cm³/mol. The highest BCUT2D eigenvalue weighted by molar-refractivity contribution is 7.13. The quantitative estimate of drug-likeness (QED) is 0.704. The largest absolute Gasteiger partial charge is 0.342 e. The molecule has 3 aromatic rings. The van der Waals surface area contributed by atoms with E-state index >= 15 is 0 Å². The maximum Gasteiger partial charge on any atom is 0.208 e. The first-order chi connectivity index (χ1) is 8.92. The zero-order chi connectivity index (χ0) is 11.9. The van der Waals surface area contributed by atoms with Crippen molar-refractivity contribution in [1.29, 1.82) is 0 Å². The third kappa shape index (κ3) is 1.42. The molecule has 0 aliphatic carbocycles. The van der Waals surface area contributed by atoms with Crippen LogP contribution in [0, 0.1) is 0 Å². The van der Waals surface area contributed by atoms with E-state index in [0.717, 1.165) is 23.7 Å². The van der Waals surface area contributed by atoms with Crippen LogP contribution < -0.4 is 4.90 Å². The molecule has 0 unspecified atom stereocenters. The molecule has 0 spiro atoms. The van der Waals surface area contributed by atoms with Crippen LogP contribution in [0.2, 0.25) is 0 Å². The lowest BCUT2D eigenvalue weighted by atomic mass is 10.1. The van der Waals surface area contributed by atoms with Crippen LogP contribution in [-0.2, 0) is 0 Å². The van der Waals surface area contributed by atoms with Gasteiger partial charge in [0, 0.05) is 13.1 Å². The van der Waals surface area contributed by atoms with Crippen LogP contribution >= 0.6 is 11.3 Å². The lowest BCUT2D eigenvalue weighted by molar-refractivity contribution is 0.407. The van der Waals surface area contributed by atoms with Crippen LogP contribution in [0.4, 0.5) is 5.13 Å². The Morgan fingerprint density at radius 2 is 2.11 bits per heavy atom. The van der Waals surface area contributed by atoms with E-state index in [-0.39, 0.29) is 0 Å². The van der Waals surface area contributed by atoms with Crippen molar-refractivity contribution in [3.8, 4) is 0 Å². The predicted octanol–water partition coefficient (Wildman–Crippen LogP) is 1.95. The van der Waals surface area contributed by atoms with Gasteiger partial charge in [0.25, 0.3) is 0 Å². The Morgan fingerprint density at radius 1 is 1.22 bits per heavy atom. The zero-order valence-corrected chi connectivity index (χ0v) is 10.4. The van der Waals surface area contributed by atoms with Gasteiger partial charge in [0.2, 0.25) is 5.13 Å². The van der Waals surface area contributed by atoms with Crippen molar-refractivity contribution >= 4 is 27.5 Å². The molecule has 1 aromatic carbocycles. The molecule has 1 aliphatic heterocycles. The van der Waals surface area contributed by atoms with E-state index in [1.54, 1.807) is 16.8 Å². The van der Waals surface area contributed by atoms with Gasteiger partial charge in [-0.1, -0.05) is 23.5 Å². The fraction of sp³-hybridized carbons (Fsp3) is 0.250. The molecule has 2 aromatic heterocycles. The minimum Gasteiger partial charge on any atom is -0.342 e. The summed E-state index contributed by atoms with van der Waals surface area (Å²) in [5.41, 5.74) is 4.04. The third-order valence-electron chi connectivity index (χ3n) is 3.36. The summed E-state index contributed by atoms with van der Waals surface area (Å²) in [6.45, 7) is 1.96. The number of rotatable bonds is 2. The third-order valence-corrected chi connectivity index (χ3v) is 4.11. The average Bonchev–Trinajstić information content (AvgIpc) is 2.97. The first kappa shape index (κ1) is 10.0. The van der Waals surface area contributed by atoms with Gasteiger partial charge < -0.3 is 9.47 Å². The summed E-state index contributed by atoms with van der Waals surface area (Å²) >= 11 is 1.59. The highest BCUT2D eigenvalue weighted by Gasteiger charge is 2.30. The molecule has 0 radical (unpaired) electrons. The minimum atomic E-state index is 0.487. The maximum absolute atomic E-state index is 4.43. The van der Waals surface area contributed by atoms with Crippen molar-refractivity contribution in [3.63, 3.8) is 0 Å². The monoisotopic (exact) mass is 257 g/mol. The Kier molecular flexibility index (Phi) is 2.10. The summed E-state index contributed by atoms with van der Waals surface area (Å²) in [6, 6.07) is 8.74. The average molecular weight is 257 g/mol. The molecule has 4 rings (SSSR count). The standard InChI is InChI=1S/C12H11N5S/c1-2-4-11-10(3-1)13-7-17(11)9-5-16(6-9)12-15-14-8-18-12/h1-4,7-9H,5-6H2. The van der Waals surface area contributed by atoms with Crippen molar-refractivity contribution in [2.45, 2.75) is 6.04 Å². The van der Waals surface area contributed by atoms with Crippen LogP contribution in [0.25, 0.3) is 11.0 Å². The Labute approximate surface area is 108 Å². The molecule has 1 saturated heterocycles. The first-order valence-corrected chi connectivity index (χ1v) is 6.72. The Bertz CT molecular complexity index is 669. The molecule has 0 amide bonds. The normalized spacial score (nSPS) is 16.1. The molecule has 0 atom stereocenters. The molecule has 0 saturated carbocycles. The summed E-state index contributed by atoms with van der Waals surface area (Å²) in [5, 5.41) is 8.97. The van der Waals surface area contributed by atoms with E-state index in [2.05, 4.69) is 36.8 Å². The molecule has 3 heterocycles. The van der Waals surface area contributed by atoms with Gasteiger partial charge in [-0.2, -0.15) is 0 Å². The SMILES string of the molecule is c1ccc2c(c1)ncn2C1CN(c2nncs2)C1. The maximum atomic E-state index is 4.43. The lowest BCUT2D eigenvalue weighted by Gasteiger charge is -2.39. The second-order valence-corrected chi connectivity index (χ2v) is 5.23. The number of aromatic nitrogens is 4. The molecular weight excluding hydrogens is 246 g/mol. The van der Waals surface area contributed by atoms with Gasteiger partial charge in [-0.05, 0) is 12.1 Å². The highest BCUT2D eigenvalue weighted by Crippen LogP contribution is 2.30. The molecule has 18 heavy (non-hydrogen) atoms. The van der Waals surface area contributed by atoms with E-state index in [1.807, 2.05) is 18.5 Å². The van der Waals surface area contributed by atoms with Crippen LogP contribution in [-0.4, -0.2) is 32.8 Å². The van der Waals surface area contributed by atoms with Gasteiger partial charge >= 0.3 is 0 Å². The molecule has 1 fully saturated rings. The van der Waals surface area contributed by atoms with Crippen molar-refractivity contribution < 1.29 is 0 Å². The number of hydrogen-bond donors (Lipinski definition) is 0. The van der Waals surface area contributed by atoms with Crippen LogP contribution in [0.1, 0.15) is 6.04 Å². The molecular formula is C12H11N5S. The van der Waals surface area contributed by atoms with E-state index in [1.165, 1.54) is 5.52 Å². The van der Waals surface area contributed by atoms with Gasteiger partial charge in [0.05, 0.1) is 23.4 Å². The zero-order valence-electron chi connectivity index (χ0n) is 9.60. The molecule has 0 bridgehead atoms. The Balaban J connectivity index is 1.60. The summed E-state index contributed by atoms with van der Waals surface area (Å²) in [4.78, 5) is 6.68. The first-order valence-electron chi connectivity index (χ1n) is 5.84. The topological polar surface area (TPSA) is 46.8 Å². The Hall–Kier alpha value is -1.95. The molecule has 5 nitrogen and oxygen atoms in total. The summed E-state index contributed by atoms with van der Waals surface area (Å²) in [7, 11) is 0. The van der Waals surface area contributed by atoms with Crippen molar-refractivity contribution in [2.24, 2.45) is 0 Å². The fourth-order valence-electron chi connectivity index (χ4n) is 2.36. The summed E-state index contributed by atoms with van der Waals surface area (Å²) in [6.07, 6.45) is 1.94. The molecule has 1 aliphatic rings. The fourth-order valence-corrected chi connectivity index (χ4v) is 2.94. The van der Waals surface area contributed by atoms with Gasteiger partial charge in [-0.25, -0.2) is 4.98 Å².